The molecule has 3 aromatic rings. The molecule has 4 rings (SSSR count). The first-order valence-electron chi connectivity index (χ1n) is 9.18. The minimum atomic E-state index is -0.312. The molecule has 0 radical (unpaired) electrons. The van der Waals surface area contributed by atoms with Gasteiger partial charge in [0, 0.05) is 11.7 Å². The van der Waals surface area contributed by atoms with Crippen LogP contribution in [0.3, 0.4) is 0 Å². The maximum Gasteiger partial charge on any atom is 0.272 e. The van der Waals surface area contributed by atoms with E-state index in [4.69, 9.17) is 4.74 Å². The molecule has 1 atom stereocenters. The quantitative estimate of drug-likeness (QED) is 0.681. The summed E-state index contributed by atoms with van der Waals surface area (Å²) in [7, 11) is 0. The van der Waals surface area contributed by atoms with Crippen LogP contribution >= 0.6 is 0 Å². The Morgan fingerprint density at radius 3 is 2.71 bits per heavy atom. The normalized spacial score (nSPS) is 16.2. The summed E-state index contributed by atoms with van der Waals surface area (Å²) in [6, 6.07) is 13.4. The Hall–Kier alpha value is -3.22. The monoisotopic (exact) mass is 380 g/mol. The Labute approximate surface area is 162 Å². The molecule has 1 aromatic carbocycles. The first-order chi connectivity index (χ1) is 13.5. The van der Waals surface area contributed by atoms with Crippen LogP contribution in [0.4, 0.5) is 4.39 Å². The van der Waals surface area contributed by atoms with Gasteiger partial charge in [-0.3, -0.25) is 14.5 Å². The van der Waals surface area contributed by atoms with Crippen molar-refractivity contribution in [1.29, 1.82) is 0 Å². The van der Waals surface area contributed by atoms with E-state index in [-0.39, 0.29) is 24.4 Å². The number of aryl methyl sites for hydroxylation is 1. The molecule has 1 aliphatic rings. The van der Waals surface area contributed by atoms with Gasteiger partial charge < -0.3 is 9.64 Å². The van der Waals surface area contributed by atoms with E-state index in [1.807, 2.05) is 36.9 Å². The zero-order chi connectivity index (χ0) is 19.7. The number of hydrogen-bond acceptors (Lipinski definition) is 4. The van der Waals surface area contributed by atoms with Crippen LogP contribution in [-0.2, 0) is 19.7 Å². The summed E-state index contributed by atoms with van der Waals surface area (Å²) in [6.07, 6.45) is 0. The van der Waals surface area contributed by atoms with Crippen molar-refractivity contribution in [2.45, 2.75) is 39.6 Å². The van der Waals surface area contributed by atoms with Crippen LogP contribution < -0.4 is 4.74 Å². The fourth-order valence-corrected chi connectivity index (χ4v) is 3.33. The Balaban J connectivity index is 1.48. The number of carbonyl (C=O) groups excluding carboxylic acids is 1. The highest BCUT2D eigenvalue weighted by Crippen LogP contribution is 2.21. The first-order valence-corrected chi connectivity index (χ1v) is 9.18. The van der Waals surface area contributed by atoms with Crippen molar-refractivity contribution in [1.82, 2.24) is 19.7 Å². The van der Waals surface area contributed by atoms with E-state index >= 15 is 0 Å². The van der Waals surface area contributed by atoms with Crippen LogP contribution in [0, 0.1) is 12.7 Å². The summed E-state index contributed by atoms with van der Waals surface area (Å²) in [5.41, 5.74) is 3.01. The average Bonchev–Trinajstić information content (AvgIpc) is 3.08. The number of ether oxygens (including phenoxy) is 1. The number of halogens is 1. The van der Waals surface area contributed by atoms with Gasteiger partial charge in [-0.25, -0.2) is 4.39 Å². The fourth-order valence-electron chi connectivity index (χ4n) is 3.33. The van der Waals surface area contributed by atoms with Crippen molar-refractivity contribution in [2.75, 3.05) is 0 Å². The van der Waals surface area contributed by atoms with Crippen LogP contribution in [0.2, 0.25) is 0 Å². The van der Waals surface area contributed by atoms with Gasteiger partial charge in [0.15, 0.2) is 0 Å². The number of rotatable bonds is 5. The SMILES string of the molecule is Cc1cccc(CN2C(=O)c3cc(COc4ccc(F)cc4)nn3C[C@H]2C)n1. The van der Waals surface area contributed by atoms with Gasteiger partial charge in [-0.2, -0.15) is 5.10 Å². The second kappa shape index (κ2) is 7.42. The predicted molar refractivity (Wildman–Crippen MR) is 101 cm³/mol. The first kappa shape index (κ1) is 18.2. The maximum atomic E-state index is 13.0. The van der Waals surface area contributed by atoms with Crippen LogP contribution in [0.25, 0.3) is 0 Å². The van der Waals surface area contributed by atoms with Gasteiger partial charge in [0.25, 0.3) is 5.91 Å². The Morgan fingerprint density at radius 1 is 1.18 bits per heavy atom. The molecule has 0 bridgehead atoms. The van der Waals surface area contributed by atoms with Crippen LogP contribution in [0.1, 0.15) is 34.5 Å². The second-order valence-corrected chi connectivity index (χ2v) is 7.00. The topological polar surface area (TPSA) is 60.3 Å². The summed E-state index contributed by atoms with van der Waals surface area (Å²) in [6.45, 7) is 5.24. The van der Waals surface area contributed by atoms with Crippen molar-refractivity contribution in [3.05, 3.63) is 77.1 Å². The third kappa shape index (κ3) is 3.74. The van der Waals surface area contributed by atoms with Crippen molar-refractivity contribution >= 4 is 5.91 Å². The lowest BCUT2D eigenvalue weighted by Crippen LogP contribution is -2.46. The molecule has 28 heavy (non-hydrogen) atoms. The number of carbonyl (C=O) groups is 1. The Kier molecular flexibility index (Phi) is 4.81. The smallest absolute Gasteiger partial charge is 0.272 e. The van der Waals surface area contributed by atoms with E-state index in [1.165, 1.54) is 12.1 Å². The Morgan fingerprint density at radius 2 is 1.96 bits per heavy atom. The summed E-state index contributed by atoms with van der Waals surface area (Å²) in [5, 5.41) is 4.49. The van der Waals surface area contributed by atoms with Crippen molar-refractivity contribution < 1.29 is 13.9 Å². The number of nitrogens with zero attached hydrogens (tertiary/aromatic N) is 4. The Bertz CT molecular complexity index is 1000. The van der Waals surface area contributed by atoms with Gasteiger partial charge in [-0.15, -0.1) is 0 Å². The molecule has 144 valence electrons. The zero-order valence-electron chi connectivity index (χ0n) is 15.8. The largest absolute Gasteiger partial charge is 0.487 e. The minimum Gasteiger partial charge on any atom is -0.487 e. The highest BCUT2D eigenvalue weighted by atomic mass is 19.1. The summed E-state index contributed by atoms with van der Waals surface area (Å²) < 4.78 is 20.4. The summed E-state index contributed by atoms with van der Waals surface area (Å²) >= 11 is 0. The minimum absolute atomic E-state index is 0.00748. The molecule has 6 nitrogen and oxygen atoms in total. The number of pyridine rings is 1. The molecule has 3 heterocycles. The lowest BCUT2D eigenvalue weighted by Gasteiger charge is -2.33. The van der Waals surface area contributed by atoms with E-state index < -0.39 is 0 Å². The van der Waals surface area contributed by atoms with Gasteiger partial charge in [0.1, 0.15) is 29.6 Å². The number of benzene rings is 1. The molecule has 1 aliphatic heterocycles. The van der Waals surface area contributed by atoms with Gasteiger partial charge in [0.2, 0.25) is 0 Å². The molecule has 0 aliphatic carbocycles. The second-order valence-electron chi connectivity index (χ2n) is 7.00. The van der Waals surface area contributed by atoms with E-state index in [2.05, 4.69) is 10.1 Å². The van der Waals surface area contributed by atoms with E-state index in [9.17, 15) is 9.18 Å². The lowest BCUT2D eigenvalue weighted by molar-refractivity contribution is 0.0581. The molecule has 0 fully saturated rings. The standard InChI is InChI=1S/C21H21FN4O2/c1-14-4-3-5-17(23-14)12-25-15(2)11-26-20(21(25)27)10-18(24-26)13-28-19-8-6-16(22)7-9-19/h3-10,15H,11-13H2,1-2H3/t15-/m1/s1. The molecule has 0 spiro atoms. The summed E-state index contributed by atoms with van der Waals surface area (Å²) in [5.74, 6) is 0.175. The fraction of sp³-hybridized carbons (Fsp3) is 0.286. The molecular formula is C21H21FN4O2. The molecule has 1 amide bonds. The molecule has 7 heteroatoms. The zero-order valence-corrected chi connectivity index (χ0v) is 15.8. The predicted octanol–water partition coefficient (Wildman–Crippen LogP) is 3.35. The lowest BCUT2D eigenvalue weighted by atomic mass is 10.1. The maximum absolute atomic E-state index is 13.0. The van der Waals surface area contributed by atoms with E-state index in [0.29, 0.717) is 30.2 Å². The third-order valence-electron chi connectivity index (χ3n) is 4.76. The highest BCUT2D eigenvalue weighted by molar-refractivity contribution is 5.93. The average molecular weight is 380 g/mol. The van der Waals surface area contributed by atoms with Crippen LogP contribution in [-0.4, -0.2) is 31.6 Å². The van der Waals surface area contributed by atoms with E-state index in [0.717, 1.165) is 11.4 Å². The third-order valence-corrected chi connectivity index (χ3v) is 4.76. The molecule has 2 aromatic heterocycles. The molecule has 0 saturated carbocycles. The van der Waals surface area contributed by atoms with Crippen molar-refractivity contribution in [3.63, 3.8) is 0 Å². The van der Waals surface area contributed by atoms with Crippen LogP contribution in [0.15, 0.2) is 48.5 Å². The van der Waals surface area contributed by atoms with E-state index in [1.54, 1.807) is 22.9 Å². The summed E-state index contributed by atoms with van der Waals surface area (Å²) in [4.78, 5) is 19.3. The van der Waals surface area contributed by atoms with Crippen molar-refractivity contribution in [2.24, 2.45) is 0 Å². The number of amides is 1. The van der Waals surface area contributed by atoms with Crippen LogP contribution in [0.5, 0.6) is 5.75 Å². The van der Waals surface area contributed by atoms with Crippen molar-refractivity contribution in [3.8, 4) is 5.75 Å². The van der Waals surface area contributed by atoms with Gasteiger partial charge in [-0.1, -0.05) is 6.07 Å². The highest BCUT2D eigenvalue weighted by Gasteiger charge is 2.31. The molecule has 0 N–H and O–H groups in total. The number of hydrogen-bond donors (Lipinski definition) is 0. The molecular weight excluding hydrogens is 359 g/mol. The molecule has 0 saturated heterocycles. The van der Waals surface area contributed by atoms with Gasteiger partial charge >= 0.3 is 0 Å². The molecule has 0 unspecified atom stereocenters. The number of fused-ring (bicyclic) bond motifs is 1. The van der Waals surface area contributed by atoms with Gasteiger partial charge in [-0.05, 0) is 56.3 Å². The van der Waals surface area contributed by atoms with Gasteiger partial charge in [0.05, 0.1) is 18.8 Å². The number of aromatic nitrogens is 3.